The summed E-state index contributed by atoms with van der Waals surface area (Å²) in [6.45, 7) is 0.733. The normalized spacial score (nSPS) is 23.6. The third-order valence-corrected chi connectivity index (χ3v) is 5.51. The van der Waals surface area contributed by atoms with Gasteiger partial charge in [0.15, 0.2) is 6.61 Å². The van der Waals surface area contributed by atoms with E-state index in [4.69, 9.17) is 4.74 Å². The van der Waals surface area contributed by atoms with Crippen molar-refractivity contribution in [3.63, 3.8) is 0 Å². The first-order valence-corrected chi connectivity index (χ1v) is 9.05. The van der Waals surface area contributed by atoms with Gasteiger partial charge in [-0.15, -0.1) is 0 Å². The van der Waals surface area contributed by atoms with Crippen LogP contribution in [0.2, 0.25) is 0 Å². The molecule has 0 saturated carbocycles. The molecule has 2 aliphatic heterocycles. The second kappa shape index (κ2) is 7.15. The van der Waals surface area contributed by atoms with Crippen molar-refractivity contribution in [1.82, 2.24) is 9.47 Å². The fourth-order valence-corrected chi connectivity index (χ4v) is 4.25. The predicted molar refractivity (Wildman–Crippen MR) is 96.1 cm³/mol. The number of piperidine rings is 1. The van der Waals surface area contributed by atoms with E-state index in [9.17, 15) is 19.1 Å². The summed E-state index contributed by atoms with van der Waals surface area (Å²) in [5, 5.41) is 9.85. The Kier molecular flexibility index (Phi) is 4.70. The predicted octanol–water partition coefficient (Wildman–Crippen LogP) is 1.55. The number of aromatic nitrogens is 1. The average Bonchev–Trinajstić information content (AvgIpc) is 2.68. The molecule has 1 aromatic heterocycles. The van der Waals surface area contributed by atoms with Gasteiger partial charge in [-0.1, -0.05) is 6.07 Å². The number of aliphatic hydroxyl groups excluding tert-OH is 1. The smallest absolute Gasteiger partial charge is 0.260 e. The number of benzene rings is 1. The van der Waals surface area contributed by atoms with Gasteiger partial charge in [-0.05, 0) is 36.8 Å². The maximum atomic E-state index is 13.0. The van der Waals surface area contributed by atoms with Crippen molar-refractivity contribution < 1.29 is 19.0 Å². The standard InChI is InChI=1S/C20H21FN2O4/c21-15-4-6-16(7-5-15)27-12-20(26)22-9-13-8-14(10-22)18(11-24)23-17(13)2-1-3-19(23)25/h1-7,13-14,18,24H,8-12H2/t13-,14+,18+/m1/s1. The van der Waals surface area contributed by atoms with Crippen molar-refractivity contribution in [2.75, 3.05) is 26.3 Å². The minimum absolute atomic E-state index is 0.0242. The van der Waals surface area contributed by atoms with Crippen LogP contribution in [0.3, 0.4) is 0 Å². The Morgan fingerprint density at radius 3 is 2.70 bits per heavy atom. The topological polar surface area (TPSA) is 71.8 Å². The lowest BCUT2D eigenvalue weighted by Gasteiger charge is -2.46. The van der Waals surface area contributed by atoms with Crippen molar-refractivity contribution in [1.29, 1.82) is 0 Å². The van der Waals surface area contributed by atoms with Crippen molar-refractivity contribution in [3.8, 4) is 5.75 Å². The highest BCUT2D eigenvalue weighted by atomic mass is 19.1. The third kappa shape index (κ3) is 3.35. The Bertz CT molecular complexity index is 896. The molecule has 2 bridgehead atoms. The first kappa shape index (κ1) is 17.7. The van der Waals surface area contributed by atoms with Crippen LogP contribution in [0.1, 0.15) is 24.1 Å². The molecule has 2 aromatic rings. The first-order chi connectivity index (χ1) is 13.1. The summed E-state index contributed by atoms with van der Waals surface area (Å²) in [5.74, 6) is 0.0114. The van der Waals surface area contributed by atoms with Gasteiger partial charge in [0, 0.05) is 36.7 Å². The summed E-state index contributed by atoms with van der Waals surface area (Å²) in [4.78, 5) is 26.7. The average molecular weight is 372 g/mol. The second-order valence-electron chi connectivity index (χ2n) is 7.14. The summed E-state index contributed by atoms with van der Waals surface area (Å²) in [5.41, 5.74) is 0.760. The summed E-state index contributed by atoms with van der Waals surface area (Å²) < 4.78 is 20.1. The van der Waals surface area contributed by atoms with Gasteiger partial charge in [0.1, 0.15) is 11.6 Å². The van der Waals surface area contributed by atoms with E-state index < -0.39 is 0 Å². The zero-order chi connectivity index (χ0) is 19.0. The van der Waals surface area contributed by atoms with Crippen LogP contribution in [0.5, 0.6) is 5.75 Å². The number of halogens is 1. The van der Waals surface area contributed by atoms with Crippen LogP contribution in [0.15, 0.2) is 47.3 Å². The molecular weight excluding hydrogens is 351 g/mol. The van der Waals surface area contributed by atoms with E-state index in [1.165, 1.54) is 30.3 Å². The Morgan fingerprint density at radius 1 is 1.19 bits per heavy atom. The number of amides is 1. The van der Waals surface area contributed by atoms with E-state index in [2.05, 4.69) is 0 Å². The minimum Gasteiger partial charge on any atom is -0.484 e. The number of ether oxygens (including phenoxy) is 1. The molecule has 3 heterocycles. The largest absolute Gasteiger partial charge is 0.484 e. The lowest BCUT2D eigenvalue weighted by Crippen LogP contribution is -2.52. The van der Waals surface area contributed by atoms with Gasteiger partial charge < -0.3 is 19.3 Å². The molecule has 1 saturated heterocycles. The molecule has 1 N–H and O–H groups in total. The van der Waals surface area contributed by atoms with Crippen LogP contribution in [0.4, 0.5) is 4.39 Å². The summed E-state index contributed by atoms with van der Waals surface area (Å²) in [6, 6.07) is 10.3. The number of carbonyl (C=O) groups is 1. The van der Waals surface area contributed by atoms with Crippen LogP contribution in [0.25, 0.3) is 0 Å². The van der Waals surface area contributed by atoms with Gasteiger partial charge in [0.05, 0.1) is 12.6 Å². The van der Waals surface area contributed by atoms with Gasteiger partial charge in [-0.25, -0.2) is 4.39 Å². The Labute approximate surface area is 155 Å². The quantitative estimate of drug-likeness (QED) is 0.884. The van der Waals surface area contributed by atoms with Gasteiger partial charge in [0.25, 0.3) is 11.5 Å². The van der Waals surface area contributed by atoms with Crippen molar-refractivity contribution >= 4 is 5.91 Å². The van der Waals surface area contributed by atoms with E-state index in [0.29, 0.717) is 18.8 Å². The maximum absolute atomic E-state index is 13.0. The number of pyridine rings is 1. The van der Waals surface area contributed by atoms with Gasteiger partial charge in [-0.2, -0.15) is 0 Å². The number of hydrogen-bond donors (Lipinski definition) is 1. The molecule has 142 valence electrons. The van der Waals surface area contributed by atoms with Gasteiger partial charge >= 0.3 is 0 Å². The number of rotatable bonds is 4. The van der Waals surface area contributed by atoms with Crippen molar-refractivity contribution in [3.05, 3.63) is 64.3 Å². The number of aliphatic hydroxyl groups is 1. The number of fused-ring (bicyclic) bond motifs is 4. The summed E-state index contributed by atoms with van der Waals surface area (Å²) in [6.07, 6.45) is 0.845. The molecule has 3 atom stereocenters. The molecule has 0 aliphatic carbocycles. The van der Waals surface area contributed by atoms with E-state index in [1.54, 1.807) is 15.5 Å². The fraction of sp³-hybridized carbons (Fsp3) is 0.400. The van der Waals surface area contributed by atoms with Crippen LogP contribution < -0.4 is 10.3 Å². The Morgan fingerprint density at radius 2 is 1.96 bits per heavy atom. The van der Waals surface area contributed by atoms with Crippen LogP contribution in [-0.4, -0.2) is 46.8 Å². The molecule has 4 rings (SSSR count). The fourth-order valence-electron chi connectivity index (χ4n) is 4.25. The highest BCUT2D eigenvalue weighted by Crippen LogP contribution is 2.40. The molecule has 1 aromatic carbocycles. The molecule has 2 aliphatic rings. The molecule has 6 nitrogen and oxygen atoms in total. The van der Waals surface area contributed by atoms with E-state index >= 15 is 0 Å². The first-order valence-electron chi connectivity index (χ1n) is 9.05. The van der Waals surface area contributed by atoms with Crippen LogP contribution in [-0.2, 0) is 4.79 Å². The van der Waals surface area contributed by atoms with Crippen molar-refractivity contribution in [2.45, 2.75) is 18.4 Å². The van der Waals surface area contributed by atoms with E-state index in [0.717, 1.165) is 12.1 Å². The van der Waals surface area contributed by atoms with Gasteiger partial charge in [0.2, 0.25) is 0 Å². The number of carbonyl (C=O) groups excluding carboxylic acids is 1. The molecule has 27 heavy (non-hydrogen) atoms. The van der Waals surface area contributed by atoms with E-state index in [-0.39, 0.29) is 48.4 Å². The molecule has 1 amide bonds. The van der Waals surface area contributed by atoms with Gasteiger partial charge in [-0.3, -0.25) is 9.59 Å². The number of nitrogens with zero attached hydrogens (tertiary/aromatic N) is 2. The zero-order valence-electron chi connectivity index (χ0n) is 14.8. The summed E-state index contributed by atoms with van der Waals surface area (Å²) >= 11 is 0. The molecule has 0 radical (unpaired) electrons. The SMILES string of the molecule is O=C(COc1ccc(F)cc1)N1C[C@H]2C[C@@H](C1)[C@H](CO)n1c2cccc1=O. The molecule has 0 unspecified atom stereocenters. The van der Waals surface area contributed by atoms with Crippen molar-refractivity contribution in [2.24, 2.45) is 5.92 Å². The molecule has 7 heteroatoms. The molecular formula is C20H21FN2O4. The Balaban J connectivity index is 1.50. The minimum atomic E-state index is -0.360. The maximum Gasteiger partial charge on any atom is 0.260 e. The number of hydrogen-bond acceptors (Lipinski definition) is 4. The van der Waals surface area contributed by atoms with Crippen LogP contribution in [0, 0.1) is 11.7 Å². The lowest BCUT2D eigenvalue weighted by molar-refractivity contribution is -0.136. The molecule has 0 spiro atoms. The van der Waals surface area contributed by atoms with Crippen LogP contribution >= 0.6 is 0 Å². The highest BCUT2D eigenvalue weighted by molar-refractivity contribution is 5.78. The van der Waals surface area contributed by atoms with E-state index in [1.807, 2.05) is 6.07 Å². The second-order valence-corrected chi connectivity index (χ2v) is 7.14. The monoisotopic (exact) mass is 372 g/mol. The Hall–Kier alpha value is -2.67. The zero-order valence-corrected chi connectivity index (χ0v) is 14.8. The lowest BCUT2D eigenvalue weighted by atomic mass is 9.78. The third-order valence-electron chi connectivity index (χ3n) is 5.51. The molecule has 1 fully saturated rings. The highest BCUT2D eigenvalue weighted by Gasteiger charge is 2.41. The summed E-state index contributed by atoms with van der Waals surface area (Å²) in [7, 11) is 0. The number of likely N-dealkylation sites (tertiary alicyclic amines) is 1.